The Morgan fingerprint density at radius 1 is 1.17 bits per heavy atom. The minimum Gasteiger partial charge on any atom is -0.434 e. The van der Waals surface area contributed by atoms with E-state index < -0.39 is 26.4 Å². The summed E-state index contributed by atoms with van der Waals surface area (Å²) in [4.78, 5) is 16.2. The summed E-state index contributed by atoms with van der Waals surface area (Å²) in [5.74, 6) is -2.22. The lowest BCUT2D eigenvalue weighted by molar-refractivity contribution is -0.116. The number of halogens is 2. The predicted octanol–water partition coefficient (Wildman–Crippen LogP) is 3.98. The van der Waals surface area contributed by atoms with E-state index in [1.165, 1.54) is 6.20 Å². The average molecular weight is 442 g/mol. The van der Waals surface area contributed by atoms with Crippen LogP contribution < -0.4 is 14.8 Å². The lowest BCUT2D eigenvalue weighted by Crippen LogP contribution is -2.39. The molecule has 0 radical (unpaired) electrons. The van der Waals surface area contributed by atoms with E-state index in [2.05, 4.69) is 15.0 Å². The molecule has 30 heavy (non-hydrogen) atoms. The molecule has 164 valence electrons. The van der Waals surface area contributed by atoms with E-state index in [1.54, 1.807) is 32.9 Å². The molecule has 0 bridgehead atoms. The fraction of sp³-hybridized carbons (Fsp3) is 0.400. The number of ether oxygens (including phenoxy) is 1. The predicted molar refractivity (Wildman–Crippen MR) is 110 cm³/mol. The van der Waals surface area contributed by atoms with Crippen molar-refractivity contribution in [2.24, 2.45) is 0 Å². The number of anilines is 1. The van der Waals surface area contributed by atoms with Gasteiger partial charge in [0.25, 0.3) is 0 Å². The second-order valence-electron chi connectivity index (χ2n) is 7.55. The van der Waals surface area contributed by atoms with Crippen LogP contribution in [0.2, 0.25) is 0 Å². The monoisotopic (exact) mass is 441 g/mol. The van der Waals surface area contributed by atoms with Crippen LogP contribution in [-0.2, 0) is 14.8 Å². The van der Waals surface area contributed by atoms with Crippen molar-refractivity contribution in [3.05, 3.63) is 48.2 Å². The zero-order valence-corrected chi connectivity index (χ0v) is 17.9. The first-order valence-corrected chi connectivity index (χ1v) is 10.8. The van der Waals surface area contributed by atoms with Gasteiger partial charge in [-0.1, -0.05) is 0 Å². The van der Waals surface area contributed by atoms with Gasteiger partial charge in [0.2, 0.25) is 21.8 Å². The fourth-order valence-electron chi connectivity index (χ4n) is 2.28. The second-order valence-corrected chi connectivity index (χ2v) is 10.1. The third-order valence-corrected chi connectivity index (χ3v) is 6.27. The van der Waals surface area contributed by atoms with Gasteiger partial charge in [0.05, 0.1) is 4.75 Å². The van der Waals surface area contributed by atoms with Crippen LogP contribution in [0.15, 0.2) is 36.5 Å². The van der Waals surface area contributed by atoms with Gasteiger partial charge >= 0.3 is 0 Å². The normalized spacial score (nSPS) is 11.9. The fourth-order valence-corrected chi connectivity index (χ4v) is 3.12. The SMILES string of the molecule is CC(C)(C)S(=O)(=O)NCCCCC(=O)Nc1cccnc1Oc1ccc(F)cc1F. The standard InChI is InChI=1S/C20H25F2N3O4S/c1-20(2,3)30(27,28)24-12-5-4-8-18(26)25-16-7-6-11-23-19(16)29-17-10-9-14(21)13-15(17)22/h6-7,9-11,13,24H,4-5,8,12H2,1-3H3,(H,25,26). The smallest absolute Gasteiger partial charge is 0.243 e. The van der Waals surface area contributed by atoms with Crippen LogP contribution in [0.1, 0.15) is 40.0 Å². The number of nitrogens with zero attached hydrogens (tertiary/aromatic N) is 1. The zero-order chi connectivity index (χ0) is 22.4. The largest absolute Gasteiger partial charge is 0.434 e. The summed E-state index contributed by atoms with van der Waals surface area (Å²) < 4.78 is 57.7. The first kappa shape index (κ1) is 23.7. The van der Waals surface area contributed by atoms with Crippen LogP contribution in [0, 0.1) is 11.6 Å². The Kier molecular flexibility index (Phi) is 7.85. The Hall–Kier alpha value is -2.59. The summed E-state index contributed by atoms with van der Waals surface area (Å²) in [5, 5.41) is 2.63. The van der Waals surface area contributed by atoms with Crippen LogP contribution in [0.4, 0.5) is 14.5 Å². The number of carbonyl (C=O) groups excluding carboxylic acids is 1. The summed E-state index contributed by atoms with van der Waals surface area (Å²) in [6, 6.07) is 5.98. The molecular formula is C20H25F2N3O4S. The van der Waals surface area contributed by atoms with E-state index in [0.717, 1.165) is 12.1 Å². The van der Waals surface area contributed by atoms with E-state index >= 15 is 0 Å². The zero-order valence-electron chi connectivity index (χ0n) is 17.0. The van der Waals surface area contributed by atoms with Crippen LogP contribution in [0.25, 0.3) is 0 Å². The molecule has 0 fully saturated rings. The highest BCUT2D eigenvalue weighted by molar-refractivity contribution is 7.90. The van der Waals surface area contributed by atoms with Gasteiger partial charge in [0, 0.05) is 25.2 Å². The number of carbonyl (C=O) groups is 1. The van der Waals surface area contributed by atoms with Gasteiger partial charge in [0.1, 0.15) is 11.5 Å². The van der Waals surface area contributed by atoms with E-state index in [9.17, 15) is 22.0 Å². The summed E-state index contributed by atoms with van der Waals surface area (Å²) in [6.45, 7) is 5.05. The highest BCUT2D eigenvalue weighted by Gasteiger charge is 2.28. The second kappa shape index (κ2) is 9.94. The summed E-state index contributed by atoms with van der Waals surface area (Å²) in [6.07, 6.45) is 2.51. The van der Waals surface area contributed by atoms with E-state index in [-0.39, 0.29) is 36.2 Å². The van der Waals surface area contributed by atoms with Crippen LogP contribution in [0.3, 0.4) is 0 Å². The molecule has 0 unspecified atom stereocenters. The Balaban J connectivity index is 1.87. The summed E-state index contributed by atoms with van der Waals surface area (Å²) in [5.41, 5.74) is 0.236. The van der Waals surface area contributed by atoms with Gasteiger partial charge in [-0.25, -0.2) is 26.9 Å². The van der Waals surface area contributed by atoms with Gasteiger partial charge in [-0.3, -0.25) is 4.79 Å². The number of unbranched alkanes of at least 4 members (excludes halogenated alkanes) is 1. The molecule has 10 heteroatoms. The lowest BCUT2D eigenvalue weighted by Gasteiger charge is -2.19. The number of amides is 1. The number of aromatic nitrogens is 1. The quantitative estimate of drug-likeness (QED) is 0.574. The molecule has 7 nitrogen and oxygen atoms in total. The number of rotatable bonds is 9. The van der Waals surface area contributed by atoms with Crippen LogP contribution >= 0.6 is 0 Å². The van der Waals surface area contributed by atoms with Crippen molar-refractivity contribution < 1.29 is 26.7 Å². The average Bonchev–Trinajstić information content (AvgIpc) is 2.64. The van der Waals surface area contributed by atoms with Crippen molar-refractivity contribution in [3.63, 3.8) is 0 Å². The molecule has 0 aliphatic rings. The Morgan fingerprint density at radius 3 is 2.57 bits per heavy atom. The van der Waals surface area contributed by atoms with E-state index in [4.69, 9.17) is 4.74 Å². The number of hydrogen-bond acceptors (Lipinski definition) is 5. The minimum atomic E-state index is -3.42. The third-order valence-electron chi connectivity index (χ3n) is 4.07. The molecule has 2 aromatic rings. The Morgan fingerprint density at radius 2 is 1.90 bits per heavy atom. The van der Waals surface area contributed by atoms with Gasteiger partial charge < -0.3 is 10.1 Å². The van der Waals surface area contributed by atoms with Crippen molar-refractivity contribution >= 4 is 21.6 Å². The van der Waals surface area contributed by atoms with Crippen molar-refractivity contribution in [2.75, 3.05) is 11.9 Å². The topological polar surface area (TPSA) is 97.4 Å². The van der Waals surface area contributed by atoms with Crippen molar-refractivity contribution in [1.29, 1.82) is 0 Å². The van der Waals surface area contributed by atoms with Crippen molar-refractivity contribution in [3.8, 4) is 11.6 Å². The molecule has 1 amide bonds. The van der Waals surface area contributed by atoms with Crippen LogP contribution in [-0.4, -0.2) is 30.6 Å². The number of nitrogens with one attached hydrogen (secondary N) is 2. The van der Waals surface area contributed by atoms with Crippen LogP contribution in [0.5, 0.6) is 11.6 Å². The molecule has 0 saturated carbocycles. The molecule has 0 aliphatic heterocycles. The first-order chi connectivity index (χ1) is 14.0. The molecule has 2 rings (SSSR count). The molecule has 1 heterocycles. The molecule has 1 aromatic carbocycles. The maximum absolute atomic E-state index is 13.8. The van der Waals surface area contributed by atoms with Crippen molar-refractivity contribution in [1.82, 2.24) is 9.71 Å². The Bertz CT molecular complexity index is 992. The molecule has 2 N–H and O–H groups in total. The third kappa shape index (κ3) is 6.74. The first-order valence-electron chi connectivity index (χ1n) is 9.36. The van der Waals surface area contributed by atoms with Gasteiger partial charge in [-0.05, 0) is 57.9 Å². The number of pyridine rings is 1. The molecule has 0 atom stereocenters. The summed E-state index contributed by atoms with van der Waals surface area (Å²) >= 11 is 0. The number of benzene rings is 1. The highest BCUT2D eigenvalue weighted by Crippen LogP contribution is 2.29. The lowest BCUT2D eigenvalue weighted by atomic mass is 10.2. The minimum absolute atomic E-state index is 0.0331. The highest BCUT2D eigenvalue weighted by atomic mass is 32.2. The maximum atomic E-state index is 13.8. The van der Waals surface area contributed by atoms with Crippen molar-refractivity contribution in [2.45, 2.75) is 44.8 Å². The molecule has 1 aromatic heterocycles. The maximum Gasteiger partial charge on any atom is 0.243 e. The summed E-state index contributed by atoms with van der Waals surface area (Å²) in [7, 11) is -3.42. The van der Waals surface area contributed by atoms with Gasteiger partial charge in [-0.15, -0.1) is 0 Å². The molecule has 0 saturated heterocycles. The van der Waals surface area contributed by atoms with E-state index in [1.807, 2.05) is 0 Å². The molecule has 0 spiro atoms. The molecular weight excluding hydrogens is 416 g/mol. The van der Waals surface area contributed by atoms with Gasteiger partial charge in [-0.2, -0.15) is 0 Å². The molecule has 0 aliphatic carbocycles. The van der Waals surface area contributed by atoms with Gasteiger partial charge in [0.15, 0.2) is 11.6 Å². The number of sulfonamides is 1. The van der Waals surface area contributed by atoms with E-state index in [0.29, 0.717) is 18.9 Å². The number of hydrogen-bond donors (Lipinski definition) is 2. The Labute approximate surface area is 174 Å².